The first-order chi connectivity index (χ1) is 8.16. The number of halogens is 2. The molecule has 1 N–H and O–H groups in total. The van der Waals surface area contributed by atoms with Crippen molar-refractivity contribution in [2.45, 2.75) is 20.0 Å². The zero-order valence-electron chi connectivity index (χ0n) is 9.34. The Balaban J connectivity index is 1.92. The molecule has 5 heteroatoms. The Bertz CT molecular complexity index is 511. The van der Waals surface area contributed by atoms with Crippen molar-refractivity contribution in [2.75, 3.05) is 0 Å². The van der Waals surface area contributed by atoms with Crippen LogP contribution in [0.2, 0.25) is 0 Å². The molecule has 2 nitrogen and oxygen atoms in total. The van der Waals surface area contributed by atoms with E-state index in [1.54, 1.807) is 16.8 Å². The minimum atomic E-state index is -0.551. The highest BCUT2D eigenvalue weighted by Crippen LogP contribution is 2.13. The fourth-order valence-electron chi connectivity index (χ4n) is 1.47. The first kappa shape index (κ1) is 12.1. The molecule has 0 aliphatic rings. The summed E-state index contributed by atoms with van der Waals surface area (Å²) in [5.74, 6) is -1.07. The van der Waals surface area contributed by atoms with Crippen LogP contribution in [0, 0.1) is 18.6 Å². The van der Waals surface area contributed by atoms with Gasteiger partial charge in [-0.3, -0.25) is 0 Å². The average Bonchev–Trinajstić information content (AvgIpc) is 2.68. The number of nitrogens with one attached hydrogen (secondary N) is 1. The molecule has 17 heavy (non-hydrogen) atoms. The standard InChI is InChI=1S/C12H12F2N2S/c1-8-12(17-7-16-8)6-15-5-9-2-3-10(13)4-11(9)14/h2-4,7,15H,5-6H2,1H3. The summed E-state index contributed by atoms with van der Waals surface area (Å²) in [6, 6.07) is 3.62. The molecular formula is C12H12F2N2S. The molecule has 0 aliphatic heterocycles. The lowest BCUT2D eigenvalue weighted by atomic mass is 10.2. The second-order valence-corrected chi connectivity index (χ2v) is 4.64. The van der Waals surface area contributed by atoms with Gasteiger partial charge >= 0.3 is 0 Å². The summed E-state index contributed by atoms with van der Waals surface area (Å²) in [7, 11) is 0. The van der Waals surface area contributed by atoms with Gasteiger partial charge in [0.05, 0.1) is 11.2 Å². The first-order valence-corrected chi connectivity index (χ1v) is 6.08. The maximum Gasteiger partial charge on any atom is 0.130 e. The van der Waals surface area contributed by atoms with Crippen LogP contribution in [-0.2, 0) is 13.1 Å². The molecule has 0 saturated carbocycles. The first-order valence-electron chi connectivity index (χ1n) is 5.20. The van der Waals surface area contributed by atoms with E-state index in [1.165, 1.54) is 12.1 Å². The molecule has 0 amide bonds. The van der Waals surface area contributed by atoms with Gasteiger partial charge in [-0.1, -0.05) is 6.07 Å². The topological polar surface area (TPSA) is 24.9 Å². The molecule has 0 atom stereocenters. The van der Waals surface area contributed by atoms with Crippen molar-refractivity contribution in [2.24, 2.45) is 0 Å². The van der Waals surface area contributed by atoms with Crippen LogP contribution >= 0.6 is 11.3 Å². The van der Waals surface area contributed by atoms with Gasteiger partial charge in [0.25, 0.3) is 0 Å². The summed E-state index contributed by atoms with van der Waals surface area (Å²) in [5.41, 5.74) is 3.24. The second kappa shape index (κ2) is 5.33. The van der Waals surface area contributed by atoms with E-state index in [2.05, 4.69) is 10.3 Å². The number of thiazole rings is 1. The van der Waals surface area contributed by atoms with Crippen LogP contribution in [0.1, 0.15) is 16.1 Å². The van der Waals surface area contributed by atoms with Gasteiger partial charge in [0.15, 0.2) is 0 Å². The van der Waals surface area contributed by atoms with Crippen LogP contribution in [0.25, 0.3) is 0 Å². The summed E-state index contributed by atoms with van der Waals surface area (Å²) >= 11 is 1.56. The van der Waals surface area contributed by atoms with Crippen molar-refractivity contribution in [1.82, 2.24) is 10.3 Å². The van der Waals surface area contributed by atoms with Crippen molar-refractivity contribution in [1.29, 1.82) is 0 Å². The van der Waals surface area contributed by atoms with Gasteiger partial charge < -0.3 is 5.32 Å². The summed E-state index contributed by atoms with van der Waals surface area (Å²) in [6.07, 6.45) is 0. The van der Waals surface area contributed by atoms with Gasteiger partial charge in [-0.25, -0.2) is 13.8 Å². The van der Waals surface area contributed by atoms with Crippen LogP contribution in [0.15, 0.2) is 23.7 Å². The molecule has 0 spiro atoms. The second-order valence-electron chi connectivity index (χ2n) is 3.70. The predicted octanol–water partition coefficient (Wildman–Crippen LogP) is 3.02. The molecule has 2 rings (SSSR count). The monoisotopic (exact) mass is 254 g/mol. The fraction of sp³-hybridized carbons (Fsp3) is 0.250. The molecule has 1 heterocycles. The third-order valence-electron chi connectivity index (χ3n) is 2.46. The highest BCUT2D eigenvalue weighted by atomic mass is 32.1. The average molecular weight is 254 g/mol. The SMILES string of the molecule is Cc1ncsc1CNCc1ccc(F)cc1F. The quantitative estimate of drug-likeness (QED) is 0.907. The van der Waals surface area contributed by atoms with Gasteiger partial charge in [-0.2, -0.15) is 0 Å². The molecule has 0 unspecified atom stereocenters. The highest BCUT2D eigenvalue weighted by Gasteiger charge is 2.04. The van der Waals surface area contributed by atoms with Gasteiger partial charge in [0.2, 0.25) is 0 Å². The Morgan fingerprint density at radius 3 is 2.76 bits per heavy atom. The number of hydrogen-bond donors (Lipinski definition) is 1. The Hall–Kier alpha value is -1.33. The Labute approximate surface area is 102 Å². The lowest BCUT2D eigenvalue weighted by Crippen LogP contribution is -2.13. The molecule has 2 aromatic rings. The Kier molecular flexibility index (Phi) is 3.81. The lowest BCUT2D eigenvalue weighted by Gasteiger charge is -2.05. The van der Waals surface area contributed by atoms with Gasteiger partial charge in [-0.05, 0) is 13.0 Å². The van der Waals surface area contributed by atoms with E-state index in [9.17, 15) is 8.78 Å². The van der Waals surface area contributed by atoms with Crippen LogP contribution < -0.4 is 5.32 Å². The van der Waals surface area contributed by atoms with Crippen LogP contribution in [0.5, 0.6) is 0 Å². The van der Waals surface area contributed by atoms with Crippen molar-refractivity contribution in [3.8, 4) is 0 Å². The smallest absolute Gasteiger partial charge is 0.130 e. The number of benzene rings is 1. The molecule has 0 aliphatic carbocycles. The lowest BCUT2D eigenvalue weighted by molar-refractivity contribution is 0.560. The molecule has 0 radical (unpaired) electrons. The molecule has 90 valence electrons. The van der Waals surface area contributed by atoms with Crippen molar-refractivity contribution in [3.05, 3.63) is 51.5 Å². The Morgan fingerprint density at radius 2 is 2.12 bits per heavy atom. The summed E-state index contributed by atoms with van der Waals surface area (Å²) in [4.78, 5) is 5.26. The van der Waals surface area contributed by atoms with Gasteiger partial charge in [0.1, 0.15) is 11.6 Å². The van der Waals surface area contributed by atoms with E-state index < -0.39 is 11.6 Å². The third-order valence-corrected chi connectivity index (χ3v) is 3.40. The summed E-state index contributed by atoms with van der Waals surface area (Å²) in [5, 5.41) is 3.11. The van der Waals surface area contributed by atoms with Crippen LogP contribution in [0.4, 0.5) is 8.78 Å². The number of aryl methyl sites for hydroxylation is 1. The number of nitrogens with zero attached hydrogens (tertiary/aromatic N) is 1. The zero-order chi connectivity index (χ0) is 12.3. The third kappa shape index (κ3) is 3.08. The van der Waals surface area contributed by atoms with Crippen LogP contribution in [-0.4, -0.2) is 4.98 Å². The highest BCUT2D eigenvalue weighted by molar-refractivity contribution is 7.09. The molecule has 0 fully saturated rings. The molecule has 1 aromatic heterocycles. The van der Waals surface area contributed by atoms with Crippen LogP contribution in [0.3, 0.4) is 0 Å². The minimum Gasteiger partial charge on any atom is -0.308 e. The minimum absolute atomic E-state index is 0.378. The largest absolute Gasteiger partial charge is 0.308 e. The van der Waals surface area contributed by atoms with Crippen molar-refractivity contribution < 1.29 is 8.78 Å². The van der Waals surface area contributed by atoms with Crippen molar-refractivity contribution in [3.63, 3.8) is 0 Å². The number of aromatic nitrogens is 1. The van der Waals surface area contributed by atoms with Gasteiger partial charge in [0, 0.05) is 29.6 Å². The Morgan fingerprint density at radius 1 is 1.29 bits per heavy atom. The van der Waals surface area contributed by atoms with E-state index >= 15 is 0 Å². The zero-order valence-corrected chi connectivity index (χ0v) is 10.2. The summed E-state index contributed by atoms with van der Waals surface area (Å²) < 4.78 is 26.0. The summed E-state index contributed by atoms with van der Waals surface area (Å²) in [6.45, 7) is 2.96. The maximum atomic E-state index is 13.3. The molecular weight excluding hydrogens is 242 g/mol. The van der Waals surface area contributed by atoms with E-state index in [0.717, 1.165) is 16.6 Å². The van der Waals surface area contributed by atoms with E-state index in [0.29, 0.717) is 18.7 Å². The number of rotatable bonds is 4. The van der Waals surface area contributed by atoms with E-state index in [1.807, 2.05) is 6.92 Å². The van der Waals surface area contributed by atoms with E-state index in [-0.39, 0.29) is 0 Å². The maximum absolute atomic E-state index is 13.3. The van der Waals surface area contributed by atoms with Crippen molar-refractivity contribution >= 4 is 11.3 Å². The number of hydrogen-bond acceptors (Lipinski definition) is 3. The van der Waals surface area contributed by atoms with E-state index in [4.69, 9.17) is 0 Å². The molecule has 1 aromatic carbocycles. The fourth-order valence-corrected chi connectivity index (χ4v) is 2.22. The molecule has 0 bridgehead atoms. The predicted molar refractivity (Wildman–Crippen MR) is 63.8 cm³/mol. The normalized spacial score (nSPS) is 10.8. The molecule has 0 saturated heterocycles. The van der Waals surface area contributed by atoms with Gasteiger partial charge in [-0.15, -0.1) is 11.3 Å².